The van der Waals surface area contributed by atoms with Crippen molar-refractivity contribution in [3.05, 3.63) is 64.1 Å². The molecular weight excluding hydrogens is 292 g/mol. The molecule has 1 aromatic carbocycles. The lowest BCUT2D eigenvalue weighted by Crippen LogP contribution is -2.33. The summed E-state index contributed by atoms with van der Waals surface area (Å²) in [6.45, 7) is 4.72. The number of rotatable bonds is 7. The molecule has 2 rings (SSSR count). The highest BCUT2D eigenvalue weighted by Crippen LogP contribution is 2.12. The van der Waals surface area contributed by atoms with Gasteiger partial charge in [0, 0.05) is 24.3 Å². The SMILES string of the molecule is CC(C)C(N)Cn1cc(OCc2ccccc2)c(=O)cc1CO. The van der Waals surface area contributed by atoms with Crippen molar-refractivity contribution in [2.24, 2.45) is 11.7 Å². The van der Waals surface area contributed by atoms with Gasteiger partial charge in [0.1, 0.15) is 6.61 Å². The Bertz CT molecular complexity index is 680. The van der Waals surface area contributed by atoms with Crippen molar-refractivity contribution < 1.29 is 9.84 Å². The summed E-state index contributed by atoms with van der Waals surface area (Å²) in [5.41, 5.74) is 7.40. The van der Waals surface area contributed by atoms with Gasteiger partial charge in [-0.15, -0.1) is 0 Å². The fraction of sp³-hybridized carbons (Fsp3) is 0.389. The molecule has 1 unspecified atom stereocenters. The molecule has 1 atom stereocenters. The van der Waals surface area contributed by atoms with Crippen LogP contribution in [-0.4, -0.2) is 15.7 Å². The van der Waals surface area contributed by atoms with Crippen LogP contribution in [-0.2, 0) is 19.8 Å². The Morgan fingerprint density at radius 1 is 1.26 bits per heavy atom. The van der Waals surface area contributed by atoms with Crippen molar-refractivity contribution >= 4 is 0 Å². The Morgan fingerprint density at radius 3 is 2.57 bits per heavy atom. The predicted octanol–water partition coefficient (Wildman–Crippen LogP) is 1.90. The van der Waals surface area contributed by atoms with Crippen molar-refractivity contribution in [2.75, 3.05) is 0 Å². The van der Waals surface area contributed by atoms with Gasteiger partial charge in [0.25, 0.3) is 0 Å². The van der Waals surface area contributed by atoms with Crippen molar-refractivity contribution in [2.45, 2.75) is 39.6 Å². The first-order chi connectivity index (χ1) is 11.0. The van der Waals surface area contributed by atoms with Crippen LogP contribution in [0.15, 0.2) is 47.4 Å². The van der Waals surface area contributed by atoms with E-state index >= 15 is 0 Å². The van der Waals surface area contributed by atoms with E-state index in [4.69, 9.17) is 10.5 Å². The predicted molar refractivity (Wildman–Crippen MR) is 90.2 cm³/mol. The molecule has 124 valence electrons. The van der Waals surface area contributed by atoms with Crippen LogP contribution < -0.4 is 15.9 Å². The molecule has 1 aromatic heterocycles. The summed E-state index contributed by atoms with van der Waals surface area (Å²) < 4.78 is 7.45. The highest BCUT2D eigenvalue weighted by molar-refractivity contribution is 5.23. The Balaban J connectivity index is 2.20. The smallest absolute Gasteiger partial charge is 0.223 e. The van der Waals surface area contributed by atoms with Gasteiger partial charge in [-0.2, -0.15) is 0 Å². The third-order valence-electron chi connectivity index (χ3n) is 3.85. The van der Waals surface area contributed by atoms with Crippen LogP contribution in [0.1, 0.15) is 25.1 Å². The van der Waals surface area contributed by atoms with E-state index in [0.717, 1.165) is 5.56 Å². The minimum atomic E-state index is -0.237. The van der Waals surface area contributed by atoms with Gasteiger partial charge in [0.15, 0.2) is 5.75 Å². The molecule has 0 aliphatic heterocycles. The van der Waals surface area contributed by atoms with Gasteiger partial charge in [-0.3, -0.25) is 4.79 Å². The molecule has 0 aliphatic rings. The molecule has 1 heterocycles. The number of pyridine rings is 1. The molecule has 3 N–H and O–H groups in total. The molecule has 5 nitrogen and oxygen atoms in total. The molecule has 2 aromatic rings. The van der Waals surface area contributed by atoms with Crippen LogP contribution in [0.2, 0.25) is 0 Å². The minimum absolute atomic E-state index is 0.0650. The molecule has 0 saturated carbocycles. The van der Waals surface area contributed by atoms with Gasteiger partial charge in [0.05, 0.1) is 12.8 Å². The summed E-state index contributed by atoms with van der Waals surface area (Å²) in [5.74, 6) is 0.566. The second-order valence-electron chi connectivity index (χ2n) is 5.99. The maximum absolute atomic E-state index is 12.1. The zero-order valence-corrected chi connectivity index (χ0v) is 13.6. The van der Waals surface area contributed by atoms with Crippen molar-refractivity contribution in [1.29, 1.82) is 0 Å². The largest absolute Gasteiger partial charge is 0.483 e. The number of aliphatic hydroxyl groups excluding tert-OH is 1. The fourth-order valence-electron chi connectivity index (χ4n) is 2.18. The summed E-state index contributed by atoms with van der Waals surface area (Å²) in [6.07, 6.45) is 1.64. The second-order valence-corrected chi connectivity index (χ2v) is 5.99. The van der Waals surface area contributed by atoms with E-state index in [9.17, 15) is 9.90 Å². The summed E-state index contributed by atoms with van der Waals surface area (Å²) in [5, 5.41) is 9.45. The first kappa shape index (κ1) is 17.2. The van der Waals surface area contributed by atoms with E-state index in [1.807, 2.05) is 44.2 Å². The number of hydrogen-bond acceptors (Lipinski definition) is 4. The Morgan fingerprint density at radius 2 is 1.96 bits per heavy atom. The van der Waals surface area contributed by atoms with Gasteiger partial charge >= 0.3 is 0 Å². The quantitative estimate of drug-likeness (QED) is 0.818. The number of ether oxygens (including phenoxy) is 1. The molecule has 5 heteroatoms. The first-order valence-electron chi connectivity index (χ1n) is 7.77. The maximum Gasteiger partial charge on any atom is 0.223 e. The zero-order valence-electron chi connectivity index (χ0n) is 13.6. The maximum atomic E-state index is 12.1. The molecule has 0 radical (unpaired) electrons. The monoisotopic (exact) mass is 316 g/mol. The highest BCUT2D eigenvalue weighted by Gasteiger charge is 2.13. The number of benzene rings is 1. The molecule has 0 amide bonds. The summed E-state index contributed by atoms with van der Waals surface area (Å²) in [6, 6.07) is 11.0. The Kier molecular flexibility index (Phi) is 5.96. The summed E-state index contributed by atoms with van der Waals surface area (Å²) in [4.78, 5) is 12.1. The fourth-order valence-corrected chi connectivity index (χ4v) is 2.18. The van der Waals surface area contributed by atoms with E-state index in [1.165, 1.54) is 6.07 Å². The third kappa shape index (κ3) is 4.68. The van der Waals surface area contributed by atoms with Crippen LogP contribution in [0.25, 0.3) is 0 Å². The second kappa shape index (κ2) is 7.94. The van der Waals surface area contributed by atoms with E-state index in [0.29, 0.717) is 24.8 Å². The number of nitrogens with two attached hydrogens (primary N) is 1. The van der Waals surface area contributed by atoms with E-state index in [1.54, 1.807) is 10.8 Å². The first-order valence-corrected chi connectivity index (χ1v) is 7.77. The zero-order chi connectivity index (χ0) is 16.8. The molecule has 23 heavy (non-hydrogen) atoms. The molecular formula is C18H24N2O3. The van der Waals surface area contributed by atoms with Gasteiger partial charge in [-0.25, -0.2) is 0 Å². The molecule has 0 fully saturated rings. The van der Waals surface area contributed by atoms with Crippen molar-refractivity contribution in [3.8, 4) is 5.75 Å². The number of aromatic nitrogens is 1. The Hall–Kier alpha value is -2.11. The van der Waals surface area contributed by atoms with Crippen LogP contribution >= 0.6 is 0 Å². The minimum Gasteiger partial charge on any atom is -0.483 e. The summed E-state index contributed by atoms with van der Waals surface area (Å²) in [7, 11) is 0. The number of aliphatic hydroxyl groups is 1. The van der Waals surface area contributed by atoms with Crippen LogP contribution in [0.4, 0.5) is 0 Å². The van der Waals surface area contributed by atoms with Crippen LogP contribution in [0, 0.1) is 5.92 Å². The average Bonchev–Trinajstić information content (AvgIpc) is 2.55. The lowest BCUT2D eigenvalue weighted by molar-refractivity contribution is 0.261. The van der Waals surface area contributed by atoms with E-state index in [2.05, 4.69) is 0 Å². The molecule has 0 bridgehead atoms. The van der Waals surface area contributed by atoms with Gasteiger partial charge < -0.3 is 20.1 Å². The summed E-state index contributed by atoms with van der Waals surface area (Å²) >= 11 is 0. The Labute approximate surface area is 136 Å². The van der Waals surface area contributed by atoms with Crippen LogP contribution in [0.5, 0.6) is 5.75 Å². The van der Waals surface area contributed by atoms with Crippen molar-refractivity contribution in [1.82, 2.24) is 4.57 Å². The third-order valence-corrected chi connectivity index (χ3v) is 3.85. The lowest BCUT2D eigenvalue weighted by Gasteiger charge is -2.20. The van der Waals surface area contributed by atoms with Gasteiger partial charge in [-0.1, -0.05) is 44.2 Å². The highest BCUT2D eigenvalue weighted by atomic mass is 16.5. The number of hydrogen-bond donors (Lipinski definition) is 2. The van der Waals surface area contributed by atoms with E-state index in [-0.39, 0.29) is 23.8 Å². The van der Waals surface area contributed by atoms with Gasteiger partial charge in [0.2, 0.25) is 5.43 Å². The lowest BCUT2D eigenvalue weighted by atomic mass is 10.1. The van der Waals surface area contributed by atoms with Gasteiger partial charge in [-0.05, 0) is 11.5 Å². The standard InChI is InChI=1S/C18H24N2O3/c1-13(2)16(19)9-20-10-18(17(22)8-15(20)11-21)23-12-14-6-4-3-5-7-14/h3-8,10,13,16,21H,9,11-12,19H2,1-2H3. The molecule has 0 saturated heterocycles. The van der Waals surface area contributed by atoms with Crippen molar-refractivity contribution in [3.63, 3.8) is 0 Å². The molecule has 0 spiro atoms. The van der Waals surface area contributed by atoms with E-state index < -0.39 is 0 Å². The topological polar surface area (TPSA) is 77.5 Å². The molecule has 0 aliphatic carbocycles. The normalized spacial score (nSPS) is 12.4. The average molecular weight is 316 g/mol. The number of nitrogens with zero attached hydrogens (tertiary/aromatic N) is 1. The van der Waals surface area contributed by atoms with Crippen LogP contribution in [0.3, 0.4) is 0 Å².